The highest BCUT2D eigenvalue weighted by Gasteiger charge is 2.45. The van der Waals surface area contributed by atoms with Gasteiger partial charge in [-0.3, -0.25) is 4.79 Å². The standard InChI is InChI=1S/C13H11F6NO/c1-6-7(2)20(6)11(21)8-3-9(12(14,15)16)5-10(4-8)13(17,18)19/h3-7H,1-2H3/t6-,7+,20?. The Labute approximate surface area is 116 Å². The quantitative estimate of drug-likeness (QED) is 0.568. The van der Waals surface area contributed by atoms with E-state index in [1.54, 1.807) is 13.8 Å². The molecule has 0 spiro atoms. The minimum absolute atomic E-state index is 0.00582. The number of rotatable bonds is 1. The van der Waals surface area contributed by atoms with E-state index in [-0.39, 0.29) is 18.2 Å². The van der Waals surface area contributed by atoms with Crippen molar-refractivity contribution in [2.45, 2.75) is 38.3 Å². The first kappa shape index (κ1) is 15.7. The van der Waals surface area contributed by atoms with E-state index in [0.717, 1.165) is 0 Å². The fourth-order valence-electron chi connectivity index (χ4n) is 2.10. The second-order valence-corrected chi connectivity index (χ2v) is 4.99. The number of carbonyl (C=O) groups is 1. The number of benzene rings is 1. The number of nitrogens with zero attached hydrogens (tertiary/aromatic N) is 1. The Morgan fingerprint density at radius 2 is 1.29 bits per heavy atom. The van der Waals surface area contributed by atoms with Crippen LogP contribution in [0.3, 0.4) is 0 Å². The van der Waals surface area contributed by atoms with Gasteiger partial charge in [0, 0.05) is 17.6 Å². The van der Waals surface area contributed by atoms with Crippen LogP contribution in [0.15, 0.2) is 18.2 Å². The highest BCUT2D eigenvalue weighted by molar-refractivity contribution is 5.96. The van der Waals surface area contributed by atoms with E-state index in [2.05, 4.69) is 0 Å². The van der Waals surface area contributed by atoms with E-state index in [9.17, 15) is 31.1 Å². The SMILES string of the molecule is C[C@@H]1[C@H](C)N1C(=O)c1cc(C(F)(F)F)cc(C(F)(F)F)c1. The van der Waals surface area contributed by atoms with Gasteiger partial charge in [0.1, 0.15) is 0 Å². The van der Waals surface area contributed by atoms with Crippen LogP contribution >= 0.6 is 0 Å². The van der Waals surface area contributed by atoms with Gasteiger partial charge >= 0.3 is 12.4 Å². The smallest absolute Gasteiger partial charge is 0.329 e. The van der Waals surface area contributed by atoms with Gasteiger partial charge in [0.15, 0.2) is 0 Å². The maximum atomic E-state index is 12.7. The summed E-state index contributed by atoms with van der Waals surface area (Å²) in [5.41, 5.74) is -3.57. The zero-order valence-electron chi connectivity index (χ0n) is 11.0. The Balaban J connectivity index is 2.48. The van der Waals surface area contributed by atoms with E-state index >= 15 is 0 Å². The molecule has 2 nitrogen and oxygen atoms in total. The van der Waals surface area contributed by atoms with Crippen molar-refractivity contribution in [3.8, 4) is 0 Å². The lowest BCUT2D eigenvalue weighted by Crippen LogP contribution is -2.18. The third kappa shape index (κ3) is 2.98. The number of carbonyl (C=O) groups excluding carboxylic acids is 1. The van der Waals surface area contributed by atoms with Crippen LogP contribution in [0, 0.1) is 0 Å². The molecule has 1 saturated heterocycles. The van der Waals surface area contributed by atoms with Crippen molar-refractivity contribution in [2.24, 2.45) is 0 Å². The molecule has 21 heavy (non-hydrogen) atoms. The number of alkyl halides is 6. The summed E-state index contributed by atoms with van der Waals surface area (Å²) < 4.78 is 76.1. The van der Waals surface area contributed by atoms with Crippen molar-refractivity contribution < 1.29 is 31.1 Å². The Bertz CT molecular complexity index is 537. The van der Waals surface area contributed by atoms with Gasteiger partial charge < -0.3 is 4.90 Å². The molecular weight excluding hydrogens is 300 g/mol. The average molecular weight is 311 g/mol. The van der Waals surface area contributed by atoms with Crippen molar-refractivity contribution in [1.29, 1.82) is 0 Å². The van der Waals surface area contributed by atoms with Gasteiger partial charge in [-0.25, -0.2) is 0 Å². The predicted molar refractivity (Wildman–Crippen MR) is 61.5 cm³/mol. The van der Waals surface area contributed by atoms with E-state index in [1.165, 1.54) is 4.90 Å². The molecule has 0 aliphatic carbocycles. The second-order valence-electron chi connectivity index (χ2n) is 4.99. The zero-order chi connectivity index (χ0) is 16.2. The summed E-state index contributed by atoms with van der Waals surface area (Å²) in [7, 11) is 0. The number of hydrogen-bond donors (Lipinski definition) is 0. The fraction of sp³-hybridized carbons (Fsp3) is 0.462. The normalized spacial score (nSPS) is 22.4. The number of hydrogen-bond acceptors (Lipinski definition) is 1. The van der Waals surface area contributed by atoms with E-state index in [1.807, 2.05) is 0 Å². The lowest BCUT2D eigenvalue weighted by atomic mass is 10.0. The summed E-state index contributed by atoms with van der Waals surface area (Å²) >= 11 is 0. The van der Waals surface area contributed by atoms with Gasteiger partial charge in [-0.2, -0.15) is 26.3 Å². The molecule has 1 fully saturated rings. The molecule has 0 N–H and O–H groups in total. The minimum atomic E-state index is -4.95. The van der Waals surface area contributed by atoms with Gasteiger partial charge in [0.25, 0.3) is 5.91 Å². The van der Waals surface area contributed by atoms with Crippen molar-refractivity contribution in [1.82, 2.24) is 4.90 Å². The van der Waals surface area contributed by atoms with Gasteiger partial charge in [0.2, 0.25) is 0 Å². The molecule has 0 unspecified atom stereocenters. The summed E-state index contributed by atoms with van der Waals surface area (Å²) in [6.45, 7) is 3.34. The highest BCUT2D eigenvalue weighted by atomic mass is 19.4. The van der Waals surface area contributed by atoms with Gasteiger partial charge in [-0.1, -0.05) is 0 Å². The summed E-state index contributed by atoms with van der Waals surface area (Å²) in [6, 6.07) is 0.527. The van der Waals surface area contributed by atoms with Crippen LogP contribution in [0.1, 0.15) is 35.3 Å². The van der Waals surface area contributed by atoms with Crippen LogP contribution in [0.2, 0.25) is 0 Å². The third-order valence-corrected chi connectivity index (χ3v) is 3.56. The van der Waals surface area contributed by atoms with Crippen LogP contribution in [-0.4, -0.2) is 22.9 Å². The molecule has 1 aromatic rings. The third-order valence-electron chi connectivity index (χ3n) is 3.56. The molecule has 1 aliphatic rings. The average Bonchev–Trinajstić information content (AvgIpc) is 2.93. The molecule has 1 aromatic carbocycles. The monoisotopic (exact) mass is 311 g/mol. The predicted octanol–water partition coefficient (Wildman–Crippen LogP) is 3.96. The zero-order valence-corrected chi connectivity index (χ0v) is 11.0. The molecule has 116 valence electrons. The molecule has 0 aromatic heterocycles. The first-order valence-corrected chi connectivity index (χ1v) is 6.05. The first-order chi connectivity index (χ1) is 9.43. The Morgan fingerprint density at radius 3 is 1.57 bits per heavy atom. The Kier molecular flexibility index (Phi) is 3.46. The van der Waals surface area contributed by atoms with Crippen molar-refractivity contribution in [3.63, 3.8) is 0 Å². The highest BCUT2D eigenvalue weighted by Crippen LogP contribution is 2.38. The summed E-state index contributed by atoms with van der Waals surface area (Å²) in [5, 5.41) is 0. The molecule has 1 amide bonds. The number of halogens is 6. The molecule has 1 aliphatic heterocycles. The van der Waals surface area contributed by atoms with Crippen molar-refractivity contribution >= 4 is 5.91 Å². The van der Waals surface area contributed by atoms with Crippen LogP contribution in [0.25, 0.3) is 0 Å². The fourth-order valence-corrected chi connectivity index (χ4v) is 2.10. The lowest BCUT2D eigenvalue weighted by molar-refractivity contribution is -0.143. The topological polar surface area (TPSA) is 20.1 Å². The van der Waals surface area contributed by atoms with Gasteiger partial charge in [-0.15, -0.1) is 0 Å². The van der Waals surface area contributed by atoms with Crippen LogP contribution in [0.4, 0.5) is 26.3 Å². The minimum Gasteiger partial charge on any atom is -0.329 e. The van der Waals surface area contributed by atoms with Crippen molar-refractivity contribution in [2.75, 3.05) is 0 Å². The van der Waals surface area contributed by atoms with E-state index < -0.39 is 35.0 Å². The van der Waals surface area contributed by atoms with E-state index in [0.29, 0.717) is 12.1 Å². The summed E-state index contributed by atoms with van der Waals surface area (Å²) in [4.78, 5) is 13.2. The Morgan fingerprint density at radius 1 is 0.905 bits per heavy atom. The van der Waals surface area contributed by atoms with Gasteiger partial charge in [0.05, 0.1) is 11.1 Å². The lowest BCUT2D eigenvalue weighted by Gasteiger charge is -2.14. The summed E-state index contributed by atoms with van der Waals surface area (Å²) in [6.07, 6.45) is -9.90. The van der Waals surface area contributed by atoms with Crippen molar-refractivity contribution in [3.05, 3.63) is 34.9 Å². The molecule has 0 saturated carbocycles. The summed E-state index contributed by atoms with van der Waals surface area (Å²) in [5.74, 6) is -0.827. The molecule has 2 atom stereocenters. The molecule has 2 rings (SSSR count). The Hall–Kier alpha value is -1.73. The maximum Gasteiger partial charge on any atom is 0.416 e. The molecular formula is C13H11F6NO. The second kappa shape index (κ2) is 4.64. The molecule has 0 radical (unpaired) electrons. The molecule has 8 heteroatoms. The van der Waals surface area contributed by atoms with Crippen LogP contribution in [0.5, 0.6) is 0 Å². The number of amides is 1. The maximum absolute atomic E-state index is 12.7. The van der Waals surface area contributed by atoms with Gasteiger partial charge in [-0.05, 0) is 32.0 Å². The largest absolute Gasteiger partial charge is 0.416 e. The van der Waals surface area contributed by atoms with Crippen LogP contribution in [-0.2, 0) is 12.4 Å². The van der Waals surface area contributed by atoms with E-state index in [4.69, 9.17) is 0 Å². The molecule has 0 bridgehead atoms. The first-order valence-electron chi connectivity index (χ1n) is 6.05. The molecule has 1 heterocycles. The van der Waals surface area contributed by atoms with Crippen LogP contribution < -0.4 is 0 Å².